The molecule has 0 aromatic heterocycles. The smallest absolute Gasteiger partial charge is 0.187 e. The predicted molar refractivity (Wildman–Crippen MR) is 186 cm³/mol. The maximum absolute atomic E-state index is 11.2. The SMILES string of the molecule is C[C@@H]1CC[C@]2(C[C@H]3C[C@H]4[C@@H]5CC[C@H]6C[C@@H](O[C@H]7O[C@H](CO)[C@@H](O[C@H]8O[C@H](CO)[C@@H](O)[C@H](O)[C@H]8O)[C@H](O)[C@H]7O)CC[C@]6(C)[C@H]5CC[C@]4(C)[C@H]3[C@@H]2C)OC1. The summed E-state index contributed by atoms with van der Waals surface area (Å²) in [6, 6.07) is 0. The van der Waals surface area contributed by atoms with Gasteiger partial charge in [-0.1, -0.05) is 27.7 Å². The lowest BCUT2D eigenvalue weighted by Gasteiger charge is -2.61. The van der Waals surface area contributed by atoms with Gasteiger partial charge in [-0.3, -0.25) is 0 Å². The fraction of sp³-hybridized carbons (Fsp3) is 1.00. The molecule has 3 saturated heterocycles. The molecule has 0 aromatic carbocycles. The van der Waals surface area contributed by atoms with Crippen LogP contribution in [0.4, 0.5) is 0 Å². The van der Waals surface area contributed by atoms with Crippen molar-refractivity contribution >= 4 is 0 Å². The van der Waals surface area contributed by atoms with Gasteiger partial charge < -0.3 is 59.4 Å². The molecule has 5 aliphatic carbocycles. The molecule has 12 nitrogen and oxygen atoms in total. The Hall–Kier alpha value is -0.480. The van der Waals surface area contributed by atoms with Crippen molar-refractivity contribution in [2.24, 2.45) is 58.2 Å². The van der Waals surface area contributed by atoms with Crippen molar-refractivity contribution in [3.63, 3.8) is 0 Å². The molecule has 7 N–H and O–H groups in total. The van der Waals surface area contributed by atoms with Crippen LogP contribution in [-0.4, -0.2) is 129 Å². The lowest BCUT2D eigenvalue weighted by Crippen LogP contribution is -2.65. The maximum Gasteiger partial charge on any atom is 0.187 e. The molecule has 8 rings (SSSR count). The van der Waals surface area contributed by atoms with E-state index in [1.165, 1.54) is 51.4 Å². The molecule has 3 aliphatic heterocycles. The summed E-state index contributed by atoms with van der Waals surface area (Å²) in [4.78, 5) is 0. The van der Waals surface area contributed by atoms with Gasteiger partial charge in [0.1, 0.15) is 48.8 Å². The minimum atomic E-state index is -1.70. The van der Waals surface area contributed by atoms with E-state index in [0.29, 0.717) is 29.1 Å². The van der Waals surface area contributed by atoms with Crippen LogP contribution in [0.15, 0.2) is 0 Å². The quantitative estimate of drug-likeness (QED) is 0.197. The number of aliphatic hydroxyl groups is 7. The molecular weight excluding hydrogens is 672 g/mol. The minimum absolute atomic E-state index is 0.107. The third kappa shape index (κ3) is 5.99. The van der Waals surface area contributed by atoms with Gasteiger partial charge in [0, 0.05) is 6.61 Å². The van der Waals surface area contributed by atoms with Crippen molar-refractivity contribution < 1.29 is 59.4 Å². The Balaban J connectivity index is 0.892. The Labute approximate surface area is 308 Å². The highest BCUT2D eigenvalue weighted by molar-refractivity contribution is 5.17. The zero-order chi connectivity index (χ0) is 36.9. The van der Waals surface area contributed by atoms with E-state index in [9.17, 15) is 35.7 Å². The summed E-state index contributed by atoms with van der Waals surface area (Å²) < 4.78 is 30.3. The molecule has 0 amide bonds. The van der Waals surface area contributed by atoms with Gasteiger partial charge >= 0.3 is 0 Å². The lowest BCUT2D eigenvalue weighted by molar-refractivity contribution is -0.364. The largest absolute Gasteiger partial charge is 0.394 e. The van der Waals surface area contributed by atoms with E-state index in [0.717, 1.165) is 49.5 Å². The average Bonchev–Trinajstić information content (AvgIpc) is 3.58. The Kier molecular flexibility index (Phi) is 10.5. The third-order valence-corrected chi connectivity index (χ3v) is 16.9. The van der Waals surface area contributed by atoms with Crippen LogP contribution in [0, 0.1) is 58.2 Å². The van der Waals surface area contributed by atoms with E-state index < -0.39 is 74.6 Å². The molecular formula is C40H66O12. The Morgan fingerprint density at radius 1 is 0.673 bits per heavy atom. The monoisotopic (exact) mass is 738 g/mol. The van der Waals surface area contributed by atoms with Crippen molar-refractivity contribution in [2.75, 3.05) is 19.8 Å². The summed E-state index contributed by atoms with van der Waals surface area (Å²) in [5.41, 5.74) is 0.740. The molecule has 0 aromatic rings. The molecule has 0 unspecified atom stereocenters. The van der Waals surface area contributed by atoms with Gasteiger partial charge in [0.05, 0.1) is 24.9 Å². The molecule has 298 valence electrons. The van der Waals surface area contributed by atoms with E-state index in [-0.39, 0.29) is 17.1 Å². The van der Waals surface area contributed by atoms with Crippen LogP contribution in [0.3, 0.4) is 0 Å². The molecule has 8 fully saturated rings. The van der Waals surface area contributed by atoms with Gasteiger partial charge in [0.15, 0.2) is 12.6 Å². The van der Waals surface area contributed by atoms with Crippen LogP contribution < -0.4 is 0 Å². The second kappa shape index (κ2) is 14.2. The molecule has 8 aliphatic rings. The molecule has 1 spiro atoms. The fourth-order valence-electron chi connectivity index (χ4n) is 14.0. The van der Waals surface area contributed by atoms with Crippen molar-refractivity contribution in [1.82, 2.24) is 0 Å². The number of ether oxygens (including phenoxy) is 5. The first-order valence-electron chi connectivity index (χ1n) is 20.6. The fourth-order valence-corrected chi connectivity index (χ4v) is 14.0. The van der Waals surface area contributed by atoms with Crippen LogP contribution in [0.25, 0.3) is 0 Å². The van der Waals surface area contributed by atoms with Crippen LogP contribution in [0.5, 0.6) is 0 Å². The van der Waals surface area contributed by atoms with E-state index in [1.807, 2.05) is 0 Å². The van der Waals surface area contributed by atoms with Crippen molar-refractivity contribution in [1.29, 1.82) is 0 Å². The summed E-state index contributed by atoms with van der Waals surface area (Å²) in [7, 11) is 0. The highest BCUT2D eigenvalue weighted by Gasteiger charge is 2.68. The Bertz CT molecular complexity index is 1260. The van der Waals surface area contributed by atoms with E-state index in [1.54, 1.807) is 0 Å². The standard InChI is InChI=1S/C40H66O12/c1-19-7-12-40(48-18-19)15-21-13-26-24-6-5-22-14-23(8-10-38(22,3)25(24)9-11-39(26,4)29(21)20(40)2)49-36-34(47)32(45)35(28(17-42)51-36)52-37-33(46)31(44)30(43)27(16-41)50-37/h19-37,41-47H,5-18H2,1-4H3/t19-,20+,21-,22+,23+,24-,25+,26+,27-,28-,29+,30-,31+,32-,33-,34-,35-,36+,37-,38+,39+,40-/m1/s1. The van der Waals surface area contributed by atoms with Crippen molar-refractivity contribution in [3.8, 4) is 0 Å². The van der Waals surface area contributed by atoms with Gasteiger partial charge in [-0.15, -0.1) is 0 Å². The minimum Gasteiger partial charge on any atom is -0.394 e. The van der Waals surface area contributed by atoms with Crippen LogP contribution in [0.1, 0.15) is 98.3 Å². The van der Waals surface area contributed by atoms with Crippen LogP contribution in [0.2, 0.25) is 0 Å². The van der Waals surface area contributed by atoms with Crippen molar-refractivity contribution in [3.05, 3.63) is 0 Å². The van der Waals surface area contributed by atoms with E-state index in [4.69, 9.17) is 23.7 Å². The molecule has 5 saturated carbocycles. The molecule has 0 bridgehead atoms. The van der Waals surface area contributed by atoms with E-state index >= 15 is 0 Å². The normalized spacial score (nSPS) is 59.0. The first-order valence-corrected chi connectivity index (χ1v) is 20.6. The second-order valence-corrected chi connectivity index (χ2v) is 19.3. The summed E-state index contributed by atoms with van der Waals surface area (Å²) in [5.74, 6) is 5.62. The summed E-state index contributed by atoms with van der Waals surface area (Å²) in [6.07, 6.45) is -1.70. The number of aliphatic hydroxyl groups excluding tert-OH is 7. The van der Waals surface area contributed by atoms with Gasteiger partial charge in [0.2, 0.25) is 0 Å². The number of hydrogen-bond acceptors (Lipinski definition) is 12. The lowest BCUT2D eigenvalue weighted by atomic mass is 9.44. The molecule has 52 heavy (non-hydrogen) atoms. The summed E-state index contributed by atoms with van der Waals surface area (Å²) in [6.45, 7) is 9.76. The third-order valence-electron chi connectivity index (χ3n) is 16.9. The second-order valence-electron chi connectivity index (χ2n) is 19.3. The number of hydrogen-bond donors (Lipinski definition) is 7. The van der Waals surface area contributed by atoms with Gasteiger partial charge in [0.25, 0.3) is 0 Å². The zero-order valence-electron chi connectivity index (χ0n) is 31.5. The zero-order valence-corrected chi connectivity index (χ0v) is 31.5. The van der Waals surface area contributed by atoms with Gasteiger partial charge in [-0.25, -0.2) is 0 Å². The van der Waals surface area contributed by atoms with Crippen LogP contribution >= 0.6 is 0 Å². The maximum atomic E-state index is 11.2. The molecule has 3 heterocycles. The Morgan fingerprint density at radius 2 is 1.37 bits per heavy atom. The first kappa shape index (κ1) is 38.4. The average molecular weight is 739 g/mol. The van der Waals surface area contributed by atoms with E-state index in [2.05, 4.69) is 27.7 Å². The highest BCUT2D eigenvalue weighted by atomic mass is 16.7. The highest BCUT2D eigenvalue weighted by Crippen LogP contribution is 2.73. The predicted octanol–water partition coefficient (Wildman–Crippen LogP) is 2.11. The summed E-state index contributed by atoms with van der Waals surface area (Å²) in [5, 5.41) is 72.8. The Morgan fingerprint density at radius 3 is 2.08 bits per heavy atom. The molecule has 12 heteroatoms. The first-order chi connectivity index (χ1) is 24.7. The van der Waals surface area contributed by atoms with Gasteiger partial charge in [-0.2, -0.15) is 0 Å². The van der Waals surface area contributed by atoms with Gasteiger partial charge in [-0.05, 0) is 129 Å². The van der Waals surface area contributed by atoms with Crippen LogP contribution in [-0.2, 0) is 23.7 Å². The molecule has 0 radical (unpaired) electrons. The topological polar surface area (TPSA) is 188 Å². The number of fused-ring (bicyclic) bond motifs is 7. The number of rotatable bonds is 6. The summed E-state index contributed by atoms with van der Waals surface area (Å²) >= 11 is 0. The molecule has 22 atom stereocenters. The van der Waals surface area contributed by atoms with Crippen molar-refractivity contribution in [2.45, 2.75) is 171 Å².